The van der Waals surface area contributed by atoms with E-state index in [0.717, 1.165) is 62.2 Å². The van der Waals surface area contributed by atoms with Crippen molar-refractivity contribution in [3.05, 3.63) is 95.1 Å². The summed E-state index contributed by atoms with van der Waals surface area (Å²) in [5.41, 5.74) is 2.99. The van der Waals surface area contributed by atoms with E-state index in [-0.39, 0.29) is 13.6 Å². The molecule has 2 atom stereocenters. The molecule has 0 heterocycles. The van der Waals surface area contributed by atoms with Crippen LogP contribution in [-0.4, -0.2) is 26.2 Å². The van der Waals surface area contributed by atoms with Crippen LogP contribution in [0.25, 0.3) is 0 Å². The van der Waals surface area contributed by atoms with Crippen LogP contribution in [0.4, 0.5) is 0 Å². The molecule has 2 aromatic rings. The van der Waals surface area contributed by atoms with Crippen molar-refractivity contribution in [2.24, 2.45) is 0 Å². The number of hydrogen-bond acceptors (Lipinski definition) is 5. The second kappa shape index (κ2) is 22.8. The molecule has 0 aliphatic heterocycles. The van der Waals surface area contributed by atoms with Gasteiger partial charge in [-0.25, -0.2) is 0 Å². The zero-order valence-corrected chi connectivity index (χ0v) is 25.2. The first-order valence-electron chi connectivity index (χ1n) is 15.5. The summed E-state index contributed by atoms with van der Waals surface area (Å²) < 4.78 is 17.9. The first kappa shape index (κ1) is 34.3. The van der Waals surface area contributed by atoms with Gasteiger partial charge in [-0.3, -0.25) is 9.59 Å². The smallest absolute Gasteiger partial charge is 0.150 e. The maximum Gasteiger partial charge on any atom is 0.150 e. The predicted octanol–water partition coefficient (Wildman–Crippen LogP) is 9.41. The summed E-state index contributed by atoms with van der Waals surface area (Å²) in [6.45, 7) is 4.30. The molecular weight excluding hydrogens is 512 g/mol. The zero-order chi connectivity index (χ0) is 29.4. The SMILES string of the molecule is CCCCCCCC=C(C=O)C(OCOCOC(C(C=O)=CCCCCCCC)c1ccccc1)c1ccccc1. The van der Waals surface area contributed by atoms with Gasteiger partial charge in [0.05, 0.1) is 0 Å². The van der Waals surface area contributed by atoms with Crippen molar-refractivity contribution in [2.75, 3.05) is 13.6 Å². The molecule has 0 bridgehead atoms. The van der Waals surface area contributed by atoms with E-state index in [0.29, 0.717) is 11.1 Å². The quantitative estimate of drug-likeness (QED) is 0.0552. The third-order valence-electron chi connectivity index (χ3n) is 7.09. The topological polar surface area (TPSA) is 61.8 Å². The van der Waals surface area contributed by atoms with Gasteiger partial charge in [-0.1, -0.05) is 138 Å². The normalized spacial score (nSPS) is 13.6. The highest BCUT2D eigenvalue weighted by Gasteiger charge is 2.19. The Kier molecular flexibility index (Phi) is 19.1. The van der Waals surface area contributed by atoms with Gasteiger partial charge in [0.15, 0.2) is 13.6 Å². The van der Waals surface area contributed by atoms with Crippen LogP contribution in [0, 0.1) is 0 Å². The molecule has 2 aromatic carbocycles. The minimum absolute atomic E-state index is 0.0552. The summed E-state index contributed by atoms with van der Waals surface area (Å²) >= 11 is 0. The molecule has 0 aliphatic carbocycles. The number of aldehydes is 2. The third-order valence-corrected chi connectivity index (χ3v) is 7.09. The van der Waals surface area contributed by atoms with Crippen molar-refractivity contribution in [2.45, 2.75) is 103 Å². The maximum absolute atomic E-state index is 12.0. The lowest BCUT2D eigenvalue weighted by Gasteiger charge is -2.21. The van der Waals surface area contributed by atoms with Crippen molar-refractivity contribution in [3.63, 3.8) is 0 Å². The summed E-state index contributed by atoms with van der Waals surface area (Å²) in [5, 5.41) is 0. The zero-order valence-electron chi connectivity index (χ0n) is 25.2. The standard InChI is InChI=1S/C36H50O5/c1-3-5-7-9-11-15-25-33(27-37)35(31-21-17-13-18-22-31)40-29-39-30-41-36(32-23-19-14-20-24-32)34(28-38)26-16-12-10-8-6-4-2/h13-14,17-28,35-36H,3-12,15-16,29-30H2,1-2H3. The van der Waals surface area contributed by atoms with Crippen molar-refractivity contribution in [1.29, 1.82) is 0 Å². The van der Waals surface area contributed by atoms with E-state index in [4.69, 9.17) is 14.2 Å². The monoisotopic (exact) mass is 562 g/mol. The van der Waals surface area contributed by atoms with E-state index in [2.05, 4.69) is 13.8 Å². The number of allylic oxidation sites excluding steroid dienone is 2. The number of rotatable bonds is 24. The summed E-state index contributed by atoms with van der Waals surface area (Å²) in [6.07, 6.45) is 18.1. The van der Waals surface area contributed by atoms with Crippen molar-refractivity contribution >= 4 is 12.6 Å². The van der Waals surface area contributed by atoms with Crippen molar-refractivity contribution in [3.8, 4) is 0 Å². The average Bonchev–Trinajstić information content (AvgIpc) is 3.02. The van der Waals surface area contributed by atoms with Crippen LogP contribution in [0.1, 0.15) is 114 Å². The van der Waals surface area contributed by atoms with Gasteiger partial charge in [0, 0.05) is 11.1 Å². The fourth-order valence-electron chi connectivity index (χ4n) is 4.76. The van der Waals surface area contributed by atoms with Crippen LogP contribution in [0.2, 0.25) is 0 Å². The van der Waals surface area contributed by atoms with Crippen LogP contribution in [-0.2, 0) is 23.8 Å². The van der Waals surface area contributed by atoms with Gasteiger partial charge >= 0.3 is 0 Å². The van der Waals surface area contributed by atoms with Gasteiger partial charge in [0.25, 0.3) is 0 Å². The number of carbonyl (C=O) groups excluding carboxylic acids is 2. The molecule has 2 unspecified atom stereocenters. The highest BCUT2D eigenvalue weighted by atomic mass is 16.7. The number of benzene rings is 2. The third kappa shape index (κ3) is 14.0. The summed E-state index contributed by atoms with van der Waals surface area (Å²) in [4.78, 5) is 24.1. The summed E-state index contributed by atoms with van der Waals surface area (Å²) in [6, 6.07) is 19.4. The van der Waals surface area contributed by atoms with E-state index in [1.807, 2.05) is 72.8 Å². The Morgan fingerprint density at radius 1 is 0.585 bits per heavy atom. The first-order chi connectivity index (χ1) is 20.2. The molecule has 5 nitrogen and oxygen atoms in total. The fourth-order valence-corrected chi connectivity index (χ4v) is 4.76. The van der Waals surface area contributed by atoms with Gasteiger partial charge in [0.1, 0.15) is 24.8 Å². The molecular formula is C36H50O5. The molecule has 0 amide bonds. The van der Waals surface area contributed by atoms with Gasteiger partial charge in [-0.2, -0.15) is 0 Å². The van der Waals surface area contributed by atoms with Crippen LogP contribution in [0.3, 0.4) is 0 Å². The van der Waals surface area contributed by atoms with Crippen molar-refractivity contribution in [1.82, 2.24) is 0 Å². The van der Waals surface area contributed by atoms with E-state index in [1.54, 1.807) is 0 Å². The van der Waals surface area contributed by atoms with Crippen LogP contribution < -0.4 is 0 Å². The van der Waals surface area contributed by atoms with Gasteiger partial charge < -0.3 is 14.2 Å². The Hall–Kier alpha value is -2.86. The Bertz CT molecular complexity index is 918. The Morgan fingerprint density at radius 3 is 1.34 bits per heavy atom. The Balaban J connectivity index is 1.98. The second-order valence-corrected chi connectivity index (χ2v) is 10.4. The van der Waals surface area contributed by atoms with Crippen LogP contribution in [0.5, 0.6) is 0 Å². The molecule has 0 aromatic heterocycles. The van der Waals surface area contributed by atoms with Gasteiger partial charge in [-0.05, 0) is 36.8 Å². The Morgan fingerprint density at radius 2 is 0.976 bits per heavy atom. The molecule has 224 valence electrons. The lowest BCUT2D eigenvalue weighted by Crippen LogP contribution is -2.15. The molecule has 0 N–H and O–H groups in total. The molecule has 0 saturated heterocycles. The van der Waals surface area contributed by atoms with Gasteiger partial charge in [0.2, 0.25) is 0 Å². The van der Waals surface area contributed by atoms with Crippen LogP contribution >= 0.6 is 0 Å². The first-order valence-corrected chi connectivity index (χ1v) is 15.5. The lowest BCUT2D eigenvalue weighted by molar-refractivity contribution is -0.157. The summed E-state index contributed by atoms with van der Waals surface area (Å²) in [5.74, 6) is 0. The Labute approximate surface area is 248 Å². The van der Waals surface area contributed by atoms with E-state index in [1.165, 1.54) is 38.5 Å². The molecule has 0 aliphatic rings. The highest BCUT2D eigenvalue weighted by Crippen LogP contribution is 2.27. The number of unbranched alkanes of at least 4 members (excludes halogenated alkanes) is 10. The molecule has 0 fully saturated rings. The number of carbonyl (C=O) groups is 2. The van der Waals surface area contributed by atoms with Crippen molar-refractivity contribution < 1.29 is 23.8 Å². The highest BCUT2D eigenvalue weighted by molar-refractivity contribution is 5.75. The molecule has 41 heavy (non-hydrogen) atoms. The average molecular weight is 563 g/mol. The number of ether oxygens (including phenoxy) is 3. The van der Waals surface area contributed by atoms with E-state index >= 15 is 0 Å². The lowest BCUT2D eigenvalue weighted by atomic mass is 10.0. The summed E-state index contributed by atoms with van der Waals surface area (Å²) in [7, 11) is 0. The molecule has 2 rings (SSSR count). The molecule has 0 spiro atoms. The van der Waals surface area contributed by atoms with Gasteiger partial charge in [-0.15, -0.1) is 0 Å². The van der Waals surface area contributed by atoms with E-state index in [9.17, 15) is 9.59 Å². The fraction of sp³-hybridized carbons (Fsp3) is 0.500. The largest absolute Gasteiger partial charge is 0.343 e. The predicted molar refractivity (Wildman–Crippen MR) is 166 cm³/mol. The molecule has 0 radical (unpaired) electrons. The van der Waals surface area contributed by atoms with E-state index < -0.39 is 12.2 Å². The molecule has 0 saturated carbocycles. The minimum Gasteiger partial charge on any atom is -0.343 e. The maximum atomic E-state index is 12.0. The minimum atomic E-state index is -0.521. The number of hydrogen-bond donors (Lipinski definition) is 0. The van der Waals surface area contributed by atoms with Crippen LogP contribution in [0.15, 0.2) is 84.0 Å². The molecule has 5 heteroatoms. The second-order valence-electron chi connectivity index (χ2n) is 10.4.